The second kappa shape index (κ2) is 8.29. The quantitative estimate of drug-likeness (QED) is 0.809. The van der Waals surface area contributed by atoms with Gasteiger partial charge in [-0.05, 0) is 57.1 Å². The van der Waals surface area contributed by atoms with Crippen LogP contribution in [0, 0.1) is 5.92 Å². The fourth-order valence-corrected chi connectivity index (χ4v) is 3.08. The maximum Gasteiger partial charge on any atom is 0.303 e. The first-order valence-corrected chi connectivity index (χ1v) is 8.34. The number of aliphatic carboxylic acids is 1. The Morgan fingerprint density at radius 2 is 2.05 bits per heavy atom. The molecule has 0 spiro atoms. The molecule has 120 valence electrons. The lowest BCUT2D eigenvalue weighted by molar-refractivity contribution is -0.137. The third-order valence-electron chi connectivity index (χ3n) is 3.92. The van der Waals surface area contributed by atoms with Crippen molar-refractivity contribution in [3.8, 4) is 0 Å². The highest BCUT2D eigenvalue weighted by molar-refractivity contribution is 9.10. The number of halogens is 1. The van der Waals surface area contributed by atoms with Crippen molar-refractivity contribution in [3.05, 3.63) is 28.7 Å². The number of anilines is 1. The minimum absolute atomic E-state index is 0.0368. The Labute approximate surface area is 138 Å². The van der Waals surface area contributed by atoms with E-state index in [9.17, 15) is 9.59 Å². The molecule has 1 aromatic carbocycles. The van der Waals surface area contributed by atoms with Crippen molar-refractivity contribution in [2.24, 2.45) is 5.92 Å². The van der Waals surface area contributed by atoms with Crippen molar-refractivity contribution in [2.75, 3.05) is 25.0 Å². The molecular formula is C16H21BrN2O3. The van der Waals surface area contributed by atoms with Crippen LogP contribution in [0.3, 0.4) is 0 Å². The zero-order chi connectivity index (χ0) is 15.9. The maximum absolute atomic E-state index is 12.3. The van der Waals surface area contributed by atoms with E-state index in [-0.39, 0.29) is 18.2 Å². The van der Waals surface area contributed by atoms with Crippen molar-refractivity contribution in [1.29, 1.82) is 0 Å². The average molecular weight is 369 g/mol. The van der Waals surface area contributed by atoms with E-state index < -0.39 is 5.97 Å². The topological polar surface area (TPSA) is 69.6 Å². The molecule has 0 saturated carbocycles. The maximum atomic E-state index is 12.3. The summed E-state index contributed by atoms with van der Waals surface area (Å²) in [7, 11) is 0. The number of rotatable bonds is 6. The van der Waals surface area contributed by atoms with Crippen LogP contribution >= 0.6 is 15.9 Å². The van der Waals surface area contributed by atoms with E-state index in [1.54, 1.807) is 0 Å². The highest BCUT2D eigenvalue weighted by atomic mass is 79.9. The summed E-state index contributed by atoms with van der Waals surface area (Å²) in [5.74, 6) is -0.638. The fraction of sp³-hybridized carbons (Fsp3) is 0.500. The molecule has 2 N–H and O–H groups in total. The zero-order valence-corrected chi connectivity index (χ0v) is 14.0. The minimum atomic E-state index is -0.747. The number of nitrogens with zero attached hydrogens (tertiary/aromatic N) is 1. The molecule has 1 aliphatic heterocycles. The standard InChI is InChI=1S/C16H21BrN2O3/c17-13-3-1-4-14(11-13)18-16(22)12-6-9-19(10-7-12)8-2-5-15(20)21/h1,3-4,11-12H,2,5-10H2,(H,18,22)(H,20,21). The largest absolute Gasteiger partial charge is 0.481 e. The Bertz CT molecular complexity index is 528. The highest BCUT2D eigenvalue weighted by Crippen LogP contribution is 2.21. The van der Waals surface area contributed by atoms with Crippen LogP contribution in [-0.4, -0.2) is 41.5 Å². The molecule has 1 aliphatic rings. The lowest BCUT2D eigenvalue weighted by atomic mass is 9.95. The molecular weight excluding hydrogens is 348 g/mol. The van der Waals surface area contributed by atoms with Crippen LogP contribution in [0.2, 0.25) is 0 Å². The van der Waals surface area contributed by atoms with Crippen LogP contribution in [0.1, 0.15) is 25.7 Å². The summed E-state index contributed by atoms with van der Waals surface area (Å²) in [6.45, 7) is 2.51. The molecule has 1 saturated heterocycles. The number of benzene rings is 1. The summed E-state index contributed by atoms with van der Waals surface area (Å²) < 4.78 is 0.943. The Balaban J connectivity index is 1.74. The normalized spacial score (nSPS) is 16.4. The van der Waals surface area contributed by atoms with Crippen LogP contribution in [-0.2, 0) is 9.59 Å². The van der Waals surface area contributed by atoms with Gasteiger partial charge in [0, 0.05) is 22.5 Å². The number of hydrogen-bond acceptors (Lipinski definition) is 3. The average Bonchev–Trinajstić information content (AvgIpc) is 2.47. The summed E-state index contributed by atoms with van der Waals surface area (Å²) in [6, 6.07) is 7.58. The highest BCUT2D eigenvalue weighted by Gasteiger charge is 2.24. The predicted octanol–water partition coefficient (Wildman–Crippen LogP) is 2.96. The first-order valence-electron chi connectivity index (χ1n) is 7.55. The molecule has 1 aromatic rings. The van der Waals surface area contributed by atoms with E-state index in [0.29, 0.717) is 6.42 Å². The van der Waals surface area contributed by atoms with Gasteiger partial charge >= 0.3 is 5.97 Å². The van der Waals surface area contributed by atoms with Crippen LogP contribution in [0.25, 0.3) is 0 Å². The van der Waals surface area contributed by atoms with E-state index in [1.807, 2.05) is 24.3 Å². The second-order valence-electron chi connectivity index (χ2n) is 5.61. The monoisotopic (exact) mass is 368 g/mol. The molecule has 6 heteroatoms. The molecule has 0 atom stereocenters. The SMILES string of the molecule is O=C(O)CCCN1CCC(C(=O)Nc2cccc(Br)c2)CC1. The zero-order valence-electron chi connectivity index (χ0n) is 12.4. The van der Waals surface area contributed by atoms with Gasteiger partial charge in [0.25, 0.3) is 0 Å². The van der Waals surface area contributed by atoms with Gasteiger partial charge in [0.1, 0.15) is 0 Å². The number of amides is 1. The van der Waals surface area contributed by atoms with E-state index in [4.69, 9.17) is 5.11 Å². The Hall–Kier alpha value is -1.40. The Kier molecular flexibility index (Phi) is 6.39. The van der Waals surface area contributed by atoms with Gasteiger partial charge in [0.15, 0.2) is 0 Å². The third-order valence-corrected chi connectivity index (χ3v) is 4.41. The van der Waals surface area contributed by atoms with E-state index >= 15 is 0 Å². The van der Waals surface area contributed by atoms with Crippen molar-refractivity contribution in [1.82, 2.24) is 4.90 Å². The molecule has 2 rings (SSSR count). The van der Waals surface area contributed by atoms with E-state index in [1.165, 1.54) is 0 Å². The van der Waals surface area contributed by atoms with Gasteiger partial charge in [-0.3, -0.25) is 9.59 Å². The van der Waals surface area contributed by atoms with Gasteiger partial charge in [-0.25, -0.2) is 0 Å². The third kappa shape index (κ3) is 5.42. The summed E-state index contributed by atoms with van der Waals surface area (Å²) in [5, 5.41) is 11.6. The van der Waals surface area contributed by atoms with Crippen molar-refractivity contribution in [3.63, 3.8) is 0 Å². The minimum Gasteiger partial charge on any atom is -0.481 e. The molecule has 1 fully saturated rings. The summed E-state index contributed by atoms with van der Waals surface area (Å²) >= 11 is 3.39. The molecule has 22 heavy (non-hydrogen) atoms. The predicted molar refractivity (Wildman–Crippen MR) is 88.8 cm³/mol. The van der Waals surface area contributed by atoms with E-state index in [0.717, 1.165) is 42.6 Å². The van der Waals surface area contributed by atoms with Gasteiger partial charge in [-0.15, -0.1) is 0 Å². The van der Waals surface area contributed by atoms with Gasteiger partial charge < -0.3 is 15.3 Å². The van der Waals surface area contributed by atoms with E-state index in [2.05, 4.69) is 26.1 Å². The fourth-order valence-electron chi connectivity index (χ4n) is 2.68. The summed E-state index contributed by atoms with van der Waals surface area (Å²) in [6.07, 6.45) is 2.54. The Morgan fingerprint density at radius 1 is 1.32 bits per heavy atom. The first-order chi connectivity index (χ1) is 10.5. The first kappa shape index (κ1) is 17.0. The summed E-state index contributed by atoms with van der Waals surface area (Å²) in [5.41, 5.74) is 0.809. The molecule has 1 heterocycles. The lowest BCUT2D eigenvalue weighted by Gasteiger charge is -2.31. The number of carbonyl (C=O) groups excluding carboxylic acids is 1. The number of carbonyl (C=O) groups is 2. The molecule has 5 nitrogen and oxygen atoms in total. The van der Waals surface area contributed by atoms with Crippen LogP contribution in [0.5, 0.6) is 0 Å². The van der Waals surface area contributed by atoms with Crippen molar-refractivity contribution >= 4 is 33.5 Å². The molecule has 1 amide bonds. The smallest absolute Gasteiger partial charge is 0.303 e. The Morgan fingerprint density at radius 3 is 2.68 bits per heavy atom. The molecule has 0 bridgehead atoms. The van der Waals surface area contributed by atoms with Gasteiger partial charge in [-0.1, -0.05) is 22.0 Å². The molecule has 0 radical (unpaired) electrons. The number of likely N-dealkylation sites (tertiary alicyclic amines) is 1. The molecule has 0 unspecified atom stereocenters. The number of carboxylic acid groups (broad SMARTS) is 1. The number of nitrogens with one attached hydrogen (secondary N) is 1. The van der Waals surface area contributed by atoms with Gasteiger partial charge in [0.05, 0.1) is 0 Å². The van der Waals surface area contributed by atoms with Crippen LogP contribution < -0.4 is 5.32 Å². The second-order valence-corrected chi connectivity index (χ2v) is 6.53. The van der Waals surface area contributed by atoms with Crippen LogP contribution in [0.15, 0.2) is 28.7 Å². The lowest BCUT2D eigenvalue weighted by Crippen LogP contribution is -2.38. The summed E-state index contributed by atoms with van der Waals surface area (Å²) in [4.78, 5) is 25.0. The molecule has 0 aromatic heterocycles. The number of carboxylic acids is 1. The van der Waals surface area contributed by atoms with Gasteiger partial charge in [-0.2, -0.15) is 0 Å². The van der Waals surface area contributed by atoms with Crippen LogP contribution in [0.4, 0.5) is 5.69 Å². The van der Waals surface area contributed by atoms with Gasteiger partial charge in [0.2, 0.25) is 5.91 Å². The molecule has 0 aliphatic carbocycles. The number of hydrogen-bond donors (Lipinski definition) is 2. The van der Waals surface area contributed by atoms with Crippen molar-refractivity contribution < 1.29 is 14.7 Å². The number of piperidine rings is 1. The van der Waals surface area contributed by atoms with Crippen molar-refractivity contribution in [2.45, 2.75) is 25.7 Å².